The van der Waals surface area contributed by atoms with E-state index in [4.69, 9.17) is 9.47 Å². The zero-order valence-corrected chi connectivity index (χ0v) is 13.3. The van der Waals surface area contributed by atoms with E-state index in [1.807, 2.05) is 40.0 Å². The Bertz CT molecular complexity index is 380. The van der Waals surface area contributed by atoms with E-state index >= 15 is 0 Å². The molecule has 4 nitrogen and oxygen atoms in total. The van der Waals surface area contributed by atoms with Crippen LogP contribution in [0.1, 0.15) is 52.6 Å². The van der Waals surface area contributed by atoms with Crippen molar-refractivity contribution in [3.63, 3.8) is 0 Å². The maximum atomic E-state index is 5.75. The van der Waals surface area contributed by atoms with E-state index in [9.17, 15) is 0 Å². The first-order chi connectivity index (χ1) is 9.52. The van der Waals surface area contributed by atoms with Crippen LogP contribution in [0.4, 0.5) is 0 Å². The third-order valence-electron chi connectivity index (χ3n) is 2.75. The number of rotatable bonds is 9. The monoisotopic (exact) mass is 280 g/mol. The summed E-state index contributed by atoms with van der Waals surface area (Å²) in [6.45, 7) is 11.9. The van der Waals surface area contributed by atoms with Crippen molar-refractivity contribution in [2.45, 2.75) is 59.3 Å². The minimum Gasteiger partial charge on any atom is -0.489 e. The molecule has 1 rings (SSSR count). The molecule has 0 amide bonds. The molecule has 1 N–H and O–H groups in total. The molecular formula is C16H28N2O2. The van der Waals surface area contributed by atoms with E-state index in [0.29, 0.717) is 6.61 Å². The third kappa shape index (κ3) is 6.35. The first-order valence-electron chi connectivity index (χ1n) is 7.49. The number of ether oxygens (including phenoxy) is 2. The zero-order chi connectivity index (χ0) is 15.0. The Morgan fingerprint density at radius 3 is 2.50 bits per heavy atom. The normalized spacial score (nSPS) is 12.9. The zero-order valence-electron chi connectivity index (χ0n) is 13.3. The Labute approximate surface area is 122 Å². The van der Waals surface area contributed by atoms with Crippen molar-refractivity contribution in [3.8, 4) is 5.75 Å². The molecule has 0 bridgehead atoms. The van der Waals surface area contributed by atoms with Gasteiger partial charge in [0.2, 0.25) is 0 Å². The molecule has 0 saturated carbocycles. The molecule has 0 spiro atoms. The summed E-state index contributed by atoms with van der Waals surface area (Å²) in [7, 11) is 0. The minimum absolute atomic E-state index is 0.153. The van der Waals surface area contributed by atoms with Crippen LogP contribution in [-0.4, -0.2) is 30.3 Å². The van der Waals surface area contributed by atoms with E-state index in [-0.39, 0.29) is 18.2 Å². The SMILES string of the molecule is CCCNC(COC(C)C)c1cncc(OC(C)C)c1. The lowest BCUT2D eigenvalue weighted by atomic mass is 10.1. The molecule has 0 fully saturated rings. The minimum atomic E-state index is 0.153. The van der Waals surface area contributed by atoms with Gasteiger partial charge in [0, 0.05) is 6.20 Å². The van der Waals surface area contributed by atoms with Gasteiger partial charge in [0.15, 0.2) is 0 Å². The number of pyridine rings is 1. The van der Waals surface area contributed by atoms with Crippen molar-refractivity contribution >= 4 is 0 Å². The quantitative estimate of drug-likeness (QED) is 0.753. The predicted octanol–water partition coefficient (Wildman–Crippen LogP) is 3.33. The van der Waals surface area contributed by atoms with E-state index in [0.717, 1.165) is 24.3 Å². The smallest absolute Gasteiger partial charge is 0.138 e. The molecule has 0 aliphatic heterocycles. The lowest BCUT2D eigenvalue weighted by Gasteiger charge is -2.21. The van der Waals surface area contributed by atoms with Crippen LogP contribution in [0.3, 0.4) is 0 Å². The van der Waals surface area contributed by atoms with Crippen LogP contribution in [-0.2, 0) is 4.74 Å². The van der Waals surface area contributed by atoms with Gasteiger partial charge >= 0.3 is 0 Å². The number of nitrogens with zero attached hydrogens (tertiary/aromatic N) is 1. The first-order valence-corrected chi connectivity index (χ1v) is 7.49. The molecule has 0 saturated heterocycles. The highest BCUT2D eigenvalue weighted by Crippen LogP contribution is 2.19. The van der Waals surface area contributed by atoms with Crippen LogP contribution < -0.4 is 10.1 Å². The van der Waals surface area contributed by atoms with E-state index in [1.165, 1.54) is 0 Å². The highest BCUT2D eigenvalue weighted by molar-refractivity contribution is 5.26. The summed E-state index contributed by atoms with van der Waals surface area (Å²) in [4.78, 5) is 4.27. The van der Waals surface area contributed by atoms with Gasteiger partial charge < -0.3 is 14.8 Å². The van der Waals surface area contributed by atoms with E-state index < -0.39 is 0 Å². The van der Waals surface area contributed by atoms with E-state index in [2.05, 4.69) is 17.2 Å². The second-order valence-electron chi connectivity index (χ2n) is 5.51. The molecule has 1 heterocycles. The van der Waals surface area contributed by atoms with Gasteiger partial charge in [-0.1, -0.05) is 6.92 Å². The fraction of sp³-hybridized carbons (Fsp3) is 0.688. The van der Waals surface area contributed by atoms with Gasteiger partial charge in [0.1, 0.15) is 5.75 Å². The maximum Gasteiger partial charge on any atom is 0.138 e. The third-order valence-corrected chi connectivity index (χ3v) is 2.75. The second-order valence-corrected chi connectivity index (χ2v) is 5.51. The Kier molecular flexibility index (Phi) is 7.55. The predicted molar refractivity (Wildman–Crippen MR) is 82.1 cm³/mol. The van der Waals surface area contributed by atoms with Gasteiger partial charge in [-0.2, -0.15) is 0 Å². The summed E-state index contributed by atoms with van der Waals surface area (Å²) in [5, 5.41) is 3.50. The van der Waals surface area contributed by atoms with Crippen LogP contribution in [0.15, 0.2) is 18.5 Å². The molecule has 114 valence electrons. The lowest BCUT2D eigenvalue weighted by molar-refractivity contribution is 0.0610. The largest absolute Gasteiger partial charge is 0.489 e. The molecule has 1 atom stereocenters. The summed E-state index contributed by atoms with van der Waals surface area (Å²) in [6, 6.07) is 2.20. The Hall–Kier alpha value is -1.13. The van der Waals surface area contributed by atoms with Crippen molar-refractivity contribution in [1.29, 1.82) is 0 Å². The Balaban J connectivity index is 2.77. The summed E-state index contributed by atoms with van der Waals surface area (Å²) < 4.78 is 11.4. The van der Waals surface area contributed by atoms with Crippen LogP contribution in [0, 0.1) is 0 Å². The molecule has 1 unspecified atom stereocenters. The van der Waals surface area contributed by atoms with Gasteiger partial charge in [-0.3, -0.25) is 4.98 Å². The average Bonchev–Trinajstić information content (AvgIpc) is 2.38. The fourth-order valence-corrected chi connectivity index (χ4v) is 1.84. The first kappa shape index (κ1) is 16.9. The topological polar surface area (TPSA) is 43.4 Å². The number of hydrogen-bond acceptors (Lipinski definition) is 4. The fourth-order valence-electron chi connectivity index (χ4n) is 1.84. The molecule has 0 aromatic carbocycles. The molecule has 0 radical (unpaired) electrons. The second kappa shape index (κ2) is 8.93. The summed E-state index contributed by atoms with van der Waals surface area (Å²) in [5.41, 5.74) is 1.11. The maximum absolute atomic E-state index is 5.75. The van der Waals surface area contributed by atoms with Crippen LogP contribution in [0.2, 0.25) is 0 Å². The standard InChI is InChI=1S/C16H28N2O2/c1-6-7-18-16(11-19-12(2)3)14-8-15(10-17-9-14)20-13(4)5/h8-10,12-13,16,18H,6-7,11H2,1-5H3. The summed E-state index contributed by atoms with van der Waals surface area (Å²) in [6.07, 6.45) is 5.10. The van der Waals surface area contributed by atoms with Crippen molar-refractivity contribution in [2.75, 3.05) is 13.2 Å². The van der Waals surface area contributed by atoms with Gasteiger partial charge in [-0.15, -0.1) is 0 Å². The molecular weight excluding hydrogens is 252 g/mol. The van der Waals surface area contributed by atoms with Gasteiger partial charge in [0.25, 0.3) is 0 Å². The van der Waals surface area contributed by atoms with Crippen molar-refractivity contribution < 1.29 is 9.47 Å². The van der Waals surface area contributed by atoms with Crippen LogP contribution >= 0.6 is 0 Å². The van der Waals surface area contributed by atoms with Crippen molar-refractivity contribution in [2.24, 2.45) is 0 Å². The molecule has 0 aliphatic carbocycles. The molecule has 20 heavy (non-hydrogen) atoms. The number of hydrogen-bond donors (Lipinski definition) is 1. The molecule has 4 heteroatoms. The summed E-state index contributed by atoms with van der Waals surface area (Å²) >= 11 is 0. The van der Waals surface area contributed by atoms with Crippen molar-refractivity contribution in [1.82, 2.24) is 10.3 Å². The van der Waals surface area contributed by atoms with Crippen LogP contribution in [0.5, 0.6) is 5.75 Å². The van der Waals surface area contributed by atoms with Gasteiger partial charge in [0.05, 0.1) is 31.1 Å². The van der Waals surface area contributed by atoms with Crippen molar-refractivity contribution in [3.05, 3.63) is 24.0 Å². The number of nitrogens with one attached hydrogen (secondary N) is 1. The molecule has 1 aromatic heterocycles. The summed E-state index contributed by atoms with van der Waals surface area (Å²) in [5.74, 6) is 0.811. The Morgan fingerprint density at radius 2 is 1.90 bits per heavy atom. The highest BCUT2D eigenvalue weighted by Gasteiger charge is 2.13. The van der Waals surface area contributed by atoms with E-state index in [1.54, 1.807) is 6.20 Å². The molecule has 1 aromatic rings. The van der Waals surface area contributed by atoms with Crippen LogP contribution in [0.25, 0.3) is 0 Å². The Morgan fingerprint density at radius 1 is 1.15 bits per heavy atom. The highest BCUT2D eigenvalue weighted by atomic mass is 16.5. The average molecular weight is 280 g/mol. The lowest BCUT2D eigenvalue weighted by Crippen LogP contribution is -2.27. The number of aromatic nitrogens is 1. The van der Waals surface area contributed by atoms with Gasteiger partial charge in [-0.05, 0) is 52.3 Å². The van der Waals surface area contributed by atoms with Gasteiger partial charge in [-0.25, -0.2) is 0 Å². The molecule has 0 aliphatic rings.